The minimum absolute atomic E-state index is 0.113. The molecule has 0 saturated carbocycles. The number of rotatable bonds is 5. The van der Waals surface area contributed by atoms with Crippen LogP contribution >= 0.6 is 0 Å². The second-order valence-electron chi connectivity index (χ2n) is 7.11. The molecule has 26 heavy (non-hydrogen) atoms. The second-order valence-corrected chi connectivity index (χ2v) is 7.11. The molecule has 0 radical (unpaired) electrons. The Balaban J connectivity index is 1.37. The highest BCUT2D eigenvalue weighted by molar-refractivity contribution is 5.81. The molecule has 2 aliphatic rings. The van der Waals surface area contributed by atoms with Gasteiger partial charge in [-0.1, -0.05) is 18.2 Å². The lowest BCUT2D eigenvalue weighted by Crippen LogP contribution is -2.45. The van der Waals surface area contributed by atoms with Gasteiger partial charge in [0.2, 0.25) is 5.91 Å². The Morgan fingerprint density at radius 1 is 1.31 bits per heavy atom. The molecule has 2 aliphatic heterocycles. The molecule has 0 bridgehead atoms. The van der Waals surface area contributed by atoms with Crippen molar-refractivity contribution in [3.05, 3.63) is 29.8 Å². The molecule has 1 aromatic rings. The third-order valence-corrected chi connectivity index (χ3v) is 5.19. The molecule has 142 valence electrons. The van der Waals surface area contributed by atoms with Crippen LogP contribution in [0.1, 0.15) is 38.2 Å². The molecule has 1 saturated heterocycles. The van der Waals surface area contributed by atoms with Gasteiger partial charge in [-0.25, -0.2) is 0 Å². The lowest BCUT2D eigenvalue weighted by atomic mass is 10.0. The van der Waals surface area contributed by atoms with Crippen LogP contribution in [0.5, 0.6) is 5.75 Å². The number of para-hydroxylation sites is 1. The molecule has 1 aromatic carbocycles. The zero-order valence-corrected chi connectivity index (χ0v) is 15.8. The van der Waals surface area contributed by atoms with Gasteiger partial charge in [0, 0.05) is 39.0 Å². The molecule has 2 N–H and O–H groups in total. The summed E-state index contributed by atoms with van der Waals surface area (Å²) in [7, 11) is 1.74. The fourth-order valence-corrected chi connectivity index (χ4v) is 3.70. The SMILES string of the molecule is CN=C(NCCC(=O)N1CCCCC1C)NCC1Cc2ccccc2O1. The van der Waals surface area contributed by atoms with Crippen molar-refractivity contribution in [2.75, 3.05) is 26.7 Å². The summed E-state index contributed by atoms with van der Waals surface area (Å²) >= 11 is 0. The summed E-state index contributed by atoms with van der Waals surface area (Å²) in [5, 5.41) is 6.53. The molecule has 1 fully saturated rings. The molecule has 1 amide bonds. The van der Waals surface area contributed by atoms with E-state index in [1.807, 2.05) is 23.1 Å². The van der Waals surface area contributed by atoms with Crippen molar-refractivity contribution in [2.45, 2.75) is 51.2 Å². The average molecular weight is 358 g/mol. The van der Waals surface area contributed by atoms with Crippen molar-refractivity contribution >= 4 is 11.9 Å². The van der Waals surface area contributed by atoms with Crippen LogP contribution in [0.25, 0.3) is 0 Å². The quantitative estimate of drug-likeness (QED) is 0.624. The van der Waals surface area contributed by atoms with Gasteiger partial charge in [-0.05, 0) is 37.8 Å². The van der Waals surface area contributed by atoms with Crippen LogP contribution in [-0.4, -0.2) is 55.6 Å². The van der Waals surface area contributed by atoms with Crippen molar-refractivity contribution < 1.29 is 9.53 Å². The highest BCUT2D eigenvalue weighted by Gasteiger charge is 2.23. The lowest BCUT2D eigenvalue weighted by molar-refractivity contribution is -0.134. The number of guanidine groups is 1. The van der Waals surface area contributed by atoms with E-state index in [1.165, 1.54) is 12.0 Å². The van der Waals surface area contributed by atoms with E-state index in [1.54, 1.807) is 7.05 Å². The molecular weight excluding hydrogens is 328 g/mol. The minimum atomic E-state index is 0.113. The normalized spacial score (nSPS) is 22.5. The fourth-order valence-electron chi connectivity index (χ4n) is 3.70. The number of nitrogens with zero attached hydrogens (tertiary/aromatic N) is 2. The molecule has 6 nitrogen and oxygen atoms in total. The number of likely N-dealkylation sites (tertiary alicyclic amines) is 1. The maximum Gasteiger partial charge on any atom is 0.224 e. The summed E-state index contributed by atoms with van der Waals surface area (Å²) in [6, 6.07) is 8.52. The van der Waals surface area contributed by atoms with E-state index < -0.39 is 0 Å². The van der Waals surface area contributed by atoms with Crippen molar-refractivity contribution in [1.29, 1.82) is 0 Å². The van der Waals surface area contributed by atoms with Crippen molar-refractivity contribution in [3.63, 3.8) is 0 Å². The zero-order chi connectivity index (χ0) is 18.4. The van der Waals surface area contributed by atoms with E-state index in [9.17, 15) is 4.79 Å². The van der Waals surface area contributed by atoms with Gasteiger partial charge in [0.15, 0.2) is 5.96 Å². The first kappa shape index (κ1) is 18.5. The van der Waals surface area contributed by atoms with Crippen LogP contribution in [-0.2, 0) is 11.2 Å². The predicted molar refractivity (Wildman–Crippen MR) is 104 cm³/mol. The number of amides is 1. The predicted octanol–water partition coefficient (Wildman–Crippen LogP) is 1.95. The Morgan fingerprint density at radius 3 is 2.92 bits per heavy atom. The molecule has 6 heteroatoms. The smallest absolute Gasteiger partial charge is 0.224 e. The second kappa shape index (κ2) is 8.92. The molecule has 0 aliphatic carbocycles. The van der Waals surface area contributed by atoms with Gasteiger partial charge in [0.1, 0.15) is 11.9 Å². The zero-order valence-electron chi connectivity index (χ0n) is 15.8. The summed E-state index contributed by atoms with van der Waals surface area (Å²) in [5.41, 5.74) is 1.25. The topological polar surface area (TPSA) is 66.0 Å². The number of piperidine rings is 1. The lowest BCUT2D eigenvalue weighted by Gasteiger charge is -2.33. The largest absolute Gasteiger partial charge is 0.488 e. The van der Waals surface area contributed by atoms with Crippen LogP contribution in [0.4, 0.5) is 0 Å². The fraction of sp³-hybridized carbons (Fsp3) is 0.600. The van der Waals surface area contributed by atoms with Crippen LogP contribution in [0.2, 0.25) is 0 Å². The standard InChI is InChI=1S/C20H30N4O2/c1-15-7-5-6-12-24(15)19(25)10-11-22-20(21-2)23-14-17-13-16-8-3-4-9-18(16)26-17/h3-4,8-9,15,17H,5-7,10-14H2,1-2H3,(H2,21,22,23). The van der Waals surface area contributed by atoms with E-state index in [2.05, 4.69) is 28.6 Å². The van der Waals surface area contributed by atoms with E-state index in [0.29, 0.717) is 31.5 Å². The third-order valence-electron chi connectivity index (χ3n) is 5.19. The Morgan fingerprint density at radius 2 is 2.15 bits per heavy atom. The first-order valence-electron chi connectivity index (χ1n) is 9.66. The summed E-state index contributed by atoms with van der Waals surface area (Å²) < 4.78 is 5.93. The number of aliphatic imine (C=N–C) groups is 1. The summed E-state index contributed by atoms with van der Waals surface area (Å²) in [4.78, 5) is 18.6. The van der Waals surface area contributed by atoms with Gasteiger partial charge in [0.25, 0.3) is 0 Å². The third kappa shape index (κ3) is 4.68. The van der Waals surface area contributed by atoms with Gasteiger partial charge in [-0.15, -0.1) is 0 Å². The maximum absolute atomic E-state index is 12.4. The summed E-state index contributed by atoms with van der Waals surface area (Å²) in [6.07, 6.45) is 4.99. The van der Waals surface area contributed by atoms with Crippen LogP contribution < -0.4 is 15.4 Å². The maximum atomic E-state index is 12.4. The number of benzene rings is 1. The van der Waals surface area contributed by atoms with Gasteiger partial charge in [-0.2, -0.15) is 0 Å². The van der Waals surface area contributed by atoms with Crippen LogP contribution in [0, 0.1) is 0 Å². The van der Waals surface area contributed by atoms with Crippen LogP contribution in [0.15, 0.2) is 29.3 Å². The monoisotopic (exact) mass is 358 g/mol. The van der Waals surface area contributed by atoms with Crippen LogP contribution in [0.3, 0.4) is 0 Å². The van der Waals surface area contributed by atoms with Crippen molar-refractivity contribution in [1.82, 2.24) is 15.5 Å². The number of nitrogens with one attached hydrogen (secondary N) is 2. The number of carbonyl (C=O) groups excluding carboxylic acids is 1. The highest BCUT2D eigenvalue weighted by Crippen LogP contribution is 2.27. The first-order valence-corrected chi connectivity index (χ1v) is 9.66. The Kier molecular flexibility index (Phi) is 6.36. The molecular formula is C20H30N4O2. The van der Waals surface area contributed by atoms with Gasteiger partial charge >= 0.3 is 0 Å². The Hall–Kier alpha value is -2.24. The van der Waals surface area contributed by atoms with E-state index in [-0.39, 0.29) is 12.0 Å². The van der Waals surface area contributed by atoms with Gasteiger partial charge in [-0.3, -0.25) is 9.79 Å². The van der Waals surface area contributed by atoms with E-state index in [0.717, 1.165) is 31.6 Å². The Bertz CT molecular complexity index is 621. The van der Waals surface area contributed by atoms with E-state index >= 15 is 0 Å². The van der Waals surface area contributed by atoms with Crippen molar-refractivity contribution in [3.8, 4) is 5.75 Å². The first-order chi connectivity index (χ1) is 12.7. The molecule has 2 heterocycles. The molecule has 0 aromatic heterocycles. The summed E-state index contributed by atoms with van der Waals surface area (Å²) in [6.45, 7) is 4.32. The van der Waals surface area contributed by atoms with Crippen molar-refractivity contribution in [2.24, 2.45) is 4.99 Å². The number of carbonyl (C=O) groups is 1. The Labute approximate surface area is 156 Å². The number of fused-ring (bicyclic) bond motifs is 1. The minimum Gasteiger partial charge on any atom is -0.488 e. The van der Waals surface area contributed by atoms with Gasteiger partial charge < -0.3 is 20.3 Å². The highest BCUT2D eigenvalue weighted by atomic mass is 16.5. The number of hydrogen-bond acceptors (Lipinski definition) is 3. The average Bonchev–Trinajstić information content (AvgIpc) is 3.07. The number of ether oxygens (including phenoxy) is 1. The summed E-state index contributed by atoms with van der Waals surface area (Å²) in [5.74, 6) is 1.92. The van der Waals surface area contributed by atoms with Gasteiger partial charge in [0.05, 0.1) is 6.54 Å². The molecule has 2 atom stereocenters. The molecule has 2 unspecified atom stereocenters. The number of hydrogen-bond donors (Lipinski definition) is 2. The van der Waals surface area contributed by atoms with E-state index in [4.69, 9.17) is 4.74 Å². The molecule has 3 rings (SSSR count). The molecule has 0 spiro atoms.